The molecule has 0 aliphatic heterocycles. The zero-order chi connectivity index (χ0) is 7.44. The molecule has 0 fully saturated rings. The Morgan fingerprint density at radius 1 is 1.33 bits per heavy atom. The van der Waals surface area contributed by atoms with E-state index in [1.807, 2.05) is 0 Å². The van der Waals surface area contributed by atoms with Crippen molar-refractivity contribution in [2.24, 2.45) is 0 Å². The summed E-state index contributed by atoms with van der Waals surface area (Å²) in [7, 11) is 0. The van der Waals surface area contributed by atoms with Gasteiger partial charge in [-0.2, -0.15) is 0 Å². The van der Waals surface area contributed by atoms with E-state index in [1.54, 1.807) is 0 Å². The summed E-state index contributed by atoms with van der Waals surface area (Å²) in [5.74, 6) is 0. The molecule has 0 spiro atoms. The standard InChI is InChI=1S/C4H3BrF4/c5-2(1-6)3(7)4(8)9/h1,3-4H/b2-1-. The van der Waals surface area contributed by atoms with Crippen LogP contribution in [0.1, 0.15) is 0 Å². The van der Waals surface area contributed by atoms with Gasteiger partial charge < -0.3 is 0 Å². The number of halogens is 5. The van der Waals surface area contributed by atoms with Crippen LogP contribution < -0.4 is 0 Å². The monoisotopic (exact) mass is 206 g/mol. The van der Waals surface area contributed by atoms with Crippen molar-refractivity contribution >= 4 is 15.9 Å². The lowest BCUT2D eigenvalue weighted by Gasteiger charge is -2.01. The molecule has 0 aliphatic carbocycles. The van der Waals surface area contributed by atoms with Crippen LogP contribution in [0.4, 0.5) is 17.6 Å². The van der Waals surface area contributed by atoms with Crippen LogP contribution in [0.5, 0.6) is 0 Å². The summed E-state index contributed by atoms with van der Waals surface area (Å²) in [5, 5.41) is 0. The predicted octanol–water partition coefficient (Wildman–Crippen LogP) is 2.80. The highest BCUT2D eigenvalue weighted by Crippen LogP contribution is 2.20. The molecule has 0 aromatic rings. The Bertz CT molecular complexity index is 111. The lowest BCUT2D eigenvalue weighted by atomic mass is 10.4. The van der Waals surface area contributed by atoms with E-state index in [9.17, 15) is 17.6 Å². The molecule has 0 heterocycles. The summed E-state index contributed by atoms with van der Waals surface area (Å²) < 4.78 is 44.8. The van der Waals surface area contributed by atoms with Gasteiger partial charge in [-0.25, -0.2) is 17.6 Å². The fourth-order valence-corrected chi connectivity index (χ4v) is 0.380. The van der Waals surface area contributed by atoms with E-state index < -0.39 is 17.1 Å². The molecule has 5 heteroatoms. The minimum atomic E-state index is -3.17. The van der Waals surface area contributed by atoms with E-state index in [0.29, 0.717) is 0 Å². The highest BCUT2D eigenvalue weighted by molar-refractivity contribution is 9.11. The van der Waals surface area contributed by atoms with Gasteiger partial charge in [0.2, 0.25) is 0 Å². The number of hydrogen-bond acceptors (Lipinski definition) is 0. The smallest absolute Gasteiger partial charge is 0.235 e. The third-order valence-electron chi connectivity index (χ3n) is 0.589. The molecule has 0 aromatic carbocycles. The molecule has 54 valence electrons. The summed E-state index contributed by atoms with van der Waals surface area (Å²) in [6, 6.07) is 0. The Hall–Kier alpha value is -0.0600. The van der Waals surface area contributed by atoms with Gasteiger partial charge in [-0.15, -0.1) is 0 Å². The summed E-state index contributed by atoms with van der Waals surface area (Å²) in [6.45, 7) is 0. The first-order valence-corrected chi connectivity index (χ1v) is 2.77. The molecule has 0 rings (SSSR count). The van der Waals surface area contributed by atoms with Crippen molar-refractivity contribution in [3.63, 3.8) is 0 Å². The van der Waals surface area contributed by atoms with Gasteiger partial charge in [0, 0.05) is 0 Å². The second-order valence-electron chi connectivity index (χ2n) is 1.23. The van der Waals surface area contributed by atoms with E-state index >= 15 is 0 Å². The number of rotatable bonds is 2. The van der Waals surface area contributed by atoms with E-state index in [4.69, 9.17) is 0 Å². The van der Waals surface area contributed by atoms with Crippen LogP contribution in [0.3, 0.4) is 0 Å². The van der Waals surface area contributed by atoms with Gasteiger partial charge in [-0.1, -0.05) is 0 Å². The number of allylic oxidation sites excluding steroid dienone is 1. The molecule has 1 unspecified atom stereocenters. The van der Waals surface area contributed by atoms with Crippen LogP contribution in [-0.2, 0) is 0 Å². The van der Waals surface area contributed by atoms with Crippen LogP contribution in [0, 0.1) is 0 Å². The average molecular weight is 207 g/mol. The first-order valence-electron chi connectivity index (χ1n) is 1.97. The Morgan fingerprint density at radius 3 is 1.89 bits per heavy atom. The minimum Gasteiger partial charge on any atom is -0.235 e. The highest BCUT2D eigenvalue weighted by Gasteiger charge is 2.22. The largest absolute Gasteiger partial charge is 0.274 e. The first kappa shape index (κ1) is 8.94. The van der Waals surface area contributed by atoms with Gasteiger partial charge in [0.1, 0.15) is 0 Å². The van der Waals surface area contributed by atoms with Crippen LogP contribution in [0.25, 0.3) is 0 Å². The molecule has 0 aromatic heterocycles. The topological polar surface area (TPSA) is 0 Å². The number of alkyl halides is 3. The molecule has 0 radical (unpaired) electrons. The van der Waals surface area contributed by atoms with Gasteiger partial charge in [0.15, 0.2) is 6.17 Å². The van der Waals surface area contributed by atoms with Gasteiger partial charge in [0.25, 0.3) is 6.43 Å². The van der Waals surface area contributed by atoms with E-state index in [1.165, 1.54) is 0 Å². The SMILES string of the molecule is F/C=C(\Br)C(F)C(F)F. The van der Waals surface area contributed by atoms with Crippen LogP contribution in [-0.4, -0.2) is 12.6 Å². The molecule has 9 heavy (non-hydrogen) atoms. The quantitative estimate of drug-likeness (QED) is 0.610. The first-order chi connectivity index (χ1) is 4.09. The van der Waals surface area contributed by atoms with Crippen molar-refractivity contribution in [3.8, 4) is 0 Å². The molecule has 0 saturated heterocycles. The summed E-state index contributed by atoms with van der Waals surface area (Å²) in [4.78, 5) is 0. The highest BCUT2D eigenvalue weighted by atomic mass is 79.9. The van der Waals surface area contributed by atoms with E-state index in [-0.39, 0.29) is 6.33 Å². The van der Waals surface area contributed by atoms with Crippen molar-refractivity contribution < 1.29 is 17.6 Å². The third kappa shape index (κ3) is 2.84. The van der Waals surface area contributed by atoms with E-state index in [0.717, 1.165) is 0 Å². The van der Waals surface area contributed by atoms with Gasteiger partial charge in [-0.05, 0) is 15.9 Å². The molecular weight excluding hydrogens is 204 g/mol. The fraction of sp³-hybridized carbons (Fsp3) is 0.500. The van der Waals surface area contributed by atoms with E-state index in [2.05, 4.69) is 15.9 Å². The molecule has 0 aliphatic rings. The Balaban J connectivity index is 3.88. The van der Waals surface area contributed by atoms with Gasteiger partial charge >= 0.3 is 0 Å². The average Bonchev–Trinajstić information content (AvgIpc) is 1.84. The van der Waals surface area contributed by atoms with Crippen molar-refractivity contribution in [2.45, 2.75) is 12.6 Å². The second kappa shape index (κ2) is 3.87. The Kier molecular flexibility index (Phi) is 3.84. The maximum atomic E-state index is 11.8. The number of hydrogen-bond donors (Lipinski definition) is 0. The lowest BCUT2D eigenvalue weighted by molar-refractivity contribution is 0.0730. The Morgan fingerprint density at radius 2 is 1.78 bits per heavy atom. The molecule has 1 atom stereocenters. The molecule has 0 saturated carbocycles. The molecule has 0 N–H and O–H groups in total. The minimum absolute atomic E-state index is 0.239. The van der Waals surface area contributed by atoms with Crippen LogP contribution >= 0.6 is 15.9 Å². The maximum absolute atomic E-state index is 11.8. The second-order valence-corrected chi connectivity index (χ2v) is 2.15. The molecule has 0 amide bonds. The van der Waals surface area contributed by atoms with Crippen LogP contribution in [0.15, 0.2) is 10.8 Å². The Labute approximate surface area is 57.7 Å². The van der Waals surface area contributed by atoms with Crippen LogP contribution in [0.2, 0.25) is 0 Å². The van der Waals surface area contributed by atoms with Gasteiger partial charge in [-0.3, -0.25) is 0 Å². The normalized spacial score (nSPS) is 16.4. The summed E-state index contributed by atoms with van der Waals surface area (Å²) in [5.41, 5.74) is 0. The van der Waals surface area contributed by atoms with Crippen molar-refractivity contribution in [1.82, 2.24) is 0 Å². The maximum Gasteiger partial charge on any atom is 0.274 e. The molecular formula is C4H3BrF4. The van der Waals surface area contributed by atoms with Crippen molar-refractivity contribution in [2.75, 3.05) is 0 Å². The van der Waals surface area contributed by atoms with Crippen molar-refractivity contribution in [1.29, 1.82) is 0 Å². The zero-order valence-corrected chi connectivity index (χ0v) is 5.71. The summed E-state index contributed by atoms with van der Waals surface area (Å²) in [6.07, 6.45) is -5.96. The molecule has 0 bridgehead atoms. The summed E-state index contributed by atoms with van der Waals surface area (Å²) >= 11 is 2.27. The molecule has 0 nitrogen and oxygen atoms in total. The third-order valence-corrected chi connectivity index (χ3v) is 1.20. The lowest BCUT2D eigenvalue weighted by Crippen LogP contribution is -2.11. The van der Waals surface area contributed by atoms with Crippen molar-refractivity contribution in [3.05, 3.63) is 10.8 Å². The zero-order valence-electron chi connectivity index (χ0n) is 4.12. The fourth-order valence-electron chi connectivity index (χ4n) is 0.181. The predicted molar refractivity (Wildman–Crippen MR) is 29.0 cm³/mol. The van der Waals surface area contributed by atoms with Gasteiger partial charge in [0.05, 0.1) is 10.8 Å².